The summed E-state index contributed by atoms with van der Waals surface area (Å²) in [7, 11) is 0. The molecule has 0 saturated carbocycles. The van der Waals surface area contributed by atoms with Crippen molar-refractivity contribution in [1.29, 1.82) is 0 Å². The van der Waals surface area contributed by atoms with Gasteiger partial charge in [0.1, 0.15) is 5.78 Å². The van der Waals surface area contributed by atoms with E-state index in [9.17, 15) is 9.59 Å². The number of carbonyl (C=O) groups is 1. The molecule has 0 bridgehead atoms. The second-order valence-electron chi connectivity index (χ2n) is 2.75. The maximum absolute atomic E-state index is 10.9. The Balaban J connectivity index is 0.00000144. The van der Waals surface area contributed by atoms with Gasteiger partial charge in [-0.05, 0) is 12.5 Å². The van der Waals surface area contributed by atoms with E-state index in [0.717, 1.165) is 5.56 Å². The van der Waals surface area contributed by atoms with Crippen LogP contribution in [-0.4, -0.2) is 12.1 Å². The van der Waals surface area contributed by atoms with Gasteiger partial charge in [0.15, 0.2) is 0 Å². The van der Waals surface area contributed by atoms with Gasteiger partial charge in [-0.15, -0.1) is 17.2 Å². The number of carbonyl (C=O) groups excluding carboxylic acids is 2. The first-order valence-electron chi connectivity index (χ1n) is 3.64. The quantitative estimate of drug-likeness (QED) is 0.590. The predicted molar refractivity (Wildman–Crippen MR) is 46.0 cm³/mol. The van der Waals surface area contributed by atoms with Crippen molar-refractivity contribution < 1.29 is 42.3 Å². The number of rotatable bonds is 2. The second-order valence-corrected chi connectivity index (χ2v) is 2.75. The summed E-state index contributed by atoms with van der Waals surface area (Å²) in [5.74, 6) is -0.0322. The molecule has 0 heterocycles. The average molecular weight is 250 g/mol. The summed E-state index contributed by atoms with van der Waals surface area (Å²) < 4.78 is 0. The Morgan fingerprint density at radius 1 is 1.31 bits per heavy atom. The maximum atomic E-state index is 10.9. The number of hydrogen-bond acceptors (Lipinski definition) is 2. The van der Waals surface area contributed by atoms with E-state index in [1.165, 1.54) is 6.92 Å². The third-order valence-electron chi connectivity index (χ3n) is 1.60. The van der Waals surface area contributed by atoms with E-state index >= 15 is 0 Å². The van der Waals surface area contributed by atoms with Gasteiger partial charge in [-0.25, -0.2) is 0 Å². The number of hydrogen-bond donors (Lipinski definition) is 0. The van der Waals surface area contributed by atoms with E-state index < -0.39 is 0 Å². The summed E-state index contributed by atoms with van der Waals surface area (Å²) in [5, 5.41) is 0. The summed E-state index contributed by atoms with van der Waals surface area (Å²) in [6.45, 7) is 3.32. The third kappa shape index (κ3) is 3.49. The molecule has 65 valence electrons. The summed E-state index contributed by atoms with van der Waals surface area (Å²) in [5.41, 5.74) is 1.90. The second kappa shape index (κ2) is 5.41. The Hall–Kier alpha value is -0.336. The van der Waals surface area contributed by atoms with Crippen molar-refractivity contribution in [3.05, 3.63) is 34.9 Å². The third-order valence-corrected chi connectivity index (χ3v) is 1.60. The molecule has 0 atom stereocenters. The molecular formula is C10H9O2Y-. The Morgan fingerprint density at radius 3 is 2.38 bits per heavy atom. The molecule has 2 nitrogen and oxygen atoms in total. The van der Waals surface area contributed by atoms with Crippen molar-refractivity contribution in [2.24, 2.45) is 0 Å². The Labute approximate surface area is 103 Å². The maximum Gasteiger partial charge on any atom is 0.147 e. The molecule has 0 fully saturated rings. The van der Waals surface area contributed by atoms with Crippen molar-refractivity contribution in [2.45, 2.75) is 13.8 Å². The minimum atomic E-state index is -0.0322. The van der Waals surface area contributed by atoms with Crippen molar-refractivity contribution in [1.82, 2.24) is 0 Å². The van der Waals surface area contributed by atoms with Gasteiger partial charge in [-0.2, -0.15) is 6.07 Å². The van der Waals surface area contributed by atoms with Gasteiger partial charge in [0.05, 0.1) is 6.29 Å². The summed E-state index contributed by atoms with van der Waals surface area (Å²) in [4.78, 5) is 21.2. The predicted octanol–water partition coefficient (Wildman–Crippen LogP) is 1.65. The Morgan fingerprint density at radius 2 is 1.92 bits per heavy atom. The molecule has 1 aromatic rings. The van der Waals surface area contributed by atoms with Gasteiger partial charge in [0, 0.05) is 32.7 Å². The fourth-order valence-corrected chi connectivity index (χ4v) is 1.05. The molecule has 3 heteroatoms. The minimum Gasteiger partial charge on any atom is -0.376 e. The van der Waals surface area contributed by atoms with Crippen LogP contribution in [0.2, 0.25) is 0 Å². The van der Waals surface area contributed by atoms with Crippen LogP contribution in [0.3, 0.4) is 0 Å². The smallest absolute Gasteiger partial charge is 0.147 e. The van der Waals surface area contributed by atoms with Crippen molar-refractivity contribution in [2.75, 3.05) is 0 Å². The van der Waals surface area contributed by atoms with E-state index in [2.05, 4.69) is 0 Å². The van der Waals surface area contributed by atoms with Crippen molar-refractivity contribution >= 4 is 12.1 Å². The van der Waals surface area contributed by atoms with Gasteiger partial charge >= 0.3 is 0 Å². The first kappa shape index (κ1) is 12.7. The normalized spacial score (nSPS) is 8.77. The molecular weight excluding hydrogens is 241 g/mol. The zero-order chi connectivity index (χ0) is 9.14. The van der Waals surface area contributed by atoms with Crippen molar-refractivity contribution in [3.63, 3.8) is 0 Å². The van der Waals surface area contributed by atoms with E-state index in [1.807, 2.05) is 6.92 Å². The first-order chi connectivity index (χ1) is 5.63. The molecule has 0 N–H and O–H groups in total. The fraction of sp³-hybridized carbons (Fsp3) is 0.200. The molecule has 0 aliphatic heterocycles. The van der Waals surface area contributed by atoms with Crippen LogP contribution in [0.4, 0.5) is 0 Å². The van der Waals surface area contributed by atoms with Crippen LogP contribution in [-0.2, 0) is 37.5 Å². The number of aryl methyl sites for hydroxylation is 1. The van der Waals surface area contributed by atoms with Gasteiger partial charge in [-0.3, -0.25) is 4.79 Å². The summed E-state index contributed by atoms with van der Waals surface area (Å²) >= 11 is 0. The van der Waals surface area contributed by atoms with Crippen LogP contribution in [0.1, 0.15) is 28.4 Å². The molecule has 1 radical (unpaired) electrons. The largest absolute Gasteiger partial charge is 0.376 e. The molecule has 0 spiro atoms. The van der Waals surface area contributed by atoms with Gasteiger partial charge in [0.25, 0.3) is 0 Å². The van der Waals surface area contributed by atoms with Crippen LogP contribution in [0.15, 0.2) is 18.2 Å². The van der Waals surface area contributed by atoms with E-state index in [4.69, 9.17) is 0 Å². The van der Waals surface area contributed by atoms with Crippen LogP contribution >= 0.6 is 0 Å². The van der Waals surface area contributed by atoms with Crippen LogP contribution in [0.5, 0.6) is 0 Å². The van der Waals surface area contributed by atoms with E-state index in [0.29, 0.717) is 11.1 Å². The molecule has 0 saturated heterocycles. The molecule has 0 aromatic heterocycles. The standard InChI is InChI=1S/C10H9O2.Y/c1-7-3-9(6-11)5-10(4-7)8(2)12;/h3-5H,1-2H3;/q-1;. The van der Waals surface area contributed by atoms with E-state index in [-0.39, 0.29) is 38.5 Å². The average Bonchev–Trinajstić information content (AvgIpc) is 2.03. The van der Waals surface area contributed by atoms with E-state index in [1.54, 1.807) is 24.5 Å². The molecule has 1 rings (SSSR count). The number of benzene rings is 1. The van der Waals surface area contributed by atoms with Gasteiger partial charge in [-0.1, -0.05) is 13.0 Å². The van der Waals surface area contributed by atoms with Crippen LogP contribution in [0, 0.1) is 6.92 Å². The topological polar surface area (TPSA) is 34.1 Å². The SMILES string of the molecule is CC(=O)c1cc(C)cc([C-]=O)c1.[Y]. The zero-order valence-electron chi connectivity index (χ0n) is 7.63. The summed E-state index contributed by atoms with van der Waals surface area (Å²) in [6.07, 6.45) is 1.76. The first-order valence-corrected chi connectivity index (χ1v) is 3.64. The zero-order valence-corrected chi connectivity index (χ0v) is 10.5. The molecule has 0 aliphatic carbocycles. The fourth-order valence-electron chi connectivity index (χ4n) is 1.05. The number of ketones is 1. The number of Topliss-reactive ketones (excluding diaryl/α,β-unsaturated/α-hetero) is 1. The van der Waals surface area contributed by atoms with Gasteiger partial charge < -0.3 is 4.79 Å². The van der Waals surface area contributed by atoms with Crippen LogP contribution in [0.25, 0.3) is 0 Å². The van der Waals surface area contributed by atoms with Crippen LogP contribution < -0.4 is 0 Å². The molecule has 1 aromatic carbocycles. The minimum absolute atomic E-state index is 0. The molecule has 13 heavy (non-hydrogen) atoms. The van der Waals surface area contributed by atoms with Crippen molar-refractivity contribution in [3.8, 4) is 0 Å². The molecule has 0 aliphatic rings. The molecule has 0 amide bonds. The monoisotopic (exact) mass is 250 g/mol. The Kier molecular flexibility index (Phi) is 5.27. The summed E-state index contributed by atoms with van der Waals surface area (Å²) in [6, 6.07) is 4.99. The Bertz CT molecular complexity index is 332. The molecule has 0 unspecified atom stereocenters. The van der Waals surface area contributed by atoms with Gasteiger partial charge in [0.2, 0.25) is 0 Å².